The lowest BCUT2D eigenvalue weighted by Gasteiger charge is -2.19. The Kier molecular flexibility index (Phi) is 22.0. The van der Waals surface area contributed by atoms with Gasteiger partial charge in [0.1, 0.15) is 5.49 Å². The quantitative estimate of drug-likeness (QED) is 0.0290. The first-order valence-corrected chi connectivity index (χ1v) is 34.4. The number of benzene rings is 12. The molecule has 0 amide bonds. The molecule has 0 atom stereocenters. The molecule has 0 spiro atoms. The summed E-state index contributed by atoms with van der Waals surface area (Å²) < 4.78 is 257. The fourth-order valence-corrected chi connectivity index (χ4v) is 12.8. The zero-order chi connectivity index (χ0) is 70.7. The minimum absolute atomic E-state index is 0. The van der Waals surface area contributed by atoms with Gasteiger partial charge in [-0.1, -0.05) is 214 Å². The molecule has 12 aromatic carbocycles. The molecule has 0 radical (unpaired) electrons. The molecule has 0 aromatic heterocycles. The molecule has 0 bridgehead atoms. The molecule has 32 heteroatoms. The van der Waals surface area contributed by atoms with E-state index in [9.17, 15) is 101 Å². The lowest BCUT2D eigenvalue weighted by atomic mass is 9.72. The Morgan fingerprint density at radius 1 is 0.316 bits per heavy atom. The smallest absolute Gasteiger partial charge is 0.423 e. The monoisotopic (exact) mass is 1460 g/mol. The number of halogens is 12. The molecule has 0 fully saturated rings. The minimum atomic E-state index is -6.05. The topological polar surface area (TPSA) is 222 Å². The molecule has 12 rings (SSSR count). The number of hydrogen-bond acceptors (Lipinski definition) is 14. The molecular formula is C66H46BF12O14PS4. The highest BCUT2D eigenvalue weighted by atomic mass is 32.2. The Morgan fingerprint density at radius 2 is 0.561 bits per heavy atom. The summed E-state index contributed by atoms with van der Waals surface area (Å²) in [5.41, 5.74) is -17.1. The van der Waals surface area contributed by atoms with Crippen LogP contribution >= 0.6 is 8.46 Å². The lowest BCUT2D eigenvalue weighted by molar-refractivity contribution is -0.0505. The van der Waals surface area contributed by atoms with Crippen molar-refractivity contribution in [1.29, 1.82) is 0 Å². The zero-order valence-electron chi connectivity index (χ0n) is 48.6. The van der Waals surface area contributed by atoms with Gasteiger partial charge >= 0.3 is 59.5 Å². The number of hydrogen-bond donors (Lipinski definition) is 2. The number of fused-ring (bicyclic) bond motifs is 6. The van der Waals surface area contributed by atoms with Gasteiger partial charge in [0.25, 0.3) is 9.84 Å². The van der Waals surface area contributed by atoms with Crippen LogP contribution in [0.3, 0.4) is 0 Å². The van der Waals surface area contributed by atoms with E-state index >= 15 is 0 Å². The van der Waals surface area contributed by atoms with Crippen molar-refractivity contribution in [1.82, 2.24) is 0 Å². The number of rotatable bonds is 12. The summed E-state index contributed by atoms with van der Waals surface area (Å²) in [4.78, 5) is 0. The van der Waals surface area contributed by atoms with Gasteiger partial charge in [-0.15, -0.1) is 0 Å². The van der Waals surface area contributed by atoms with Crippen LogP contribution in [0.5, 0.6) is 17.2 Å². The molecule has 0 unspecified atom stereocenters. The first-order chi connectivity index (χ1) is 45.5. The van der Waals surface area contributed by atoms with Crippen LogP contribution in [0.1, 0.15) is 7.43 Å². The number of sulfone groups is 1. The van der Waals surface area contributed by atoms with Crippen molar-refractivity contribution >= 4 is 126 Å². The first-order valence-electron chi connectivity index (χ1n) is 27.5. The van der Waals surface area contributed by atoms with Gasteiger partial charge in [-0.05, 0) is 112 Å². The zero-order valence-corrected chi connectivity index (χ0v) is 52.8. The highest BCUT2D eigenvalue weighted by molar-refractivity contribution is 7.96. The molecular weight excluding hydrogens is 1410 g/mol. The van der Waals surface area contributed by atoms with Gasteiger partial charge in [0, 0.05) is 16.2 Å². The molecule has 0 aliphatic heterocycles. The maximum Gasteiger partial charge on any atom is 0.534 e. The summed E-state index contributed by atoms with van der Waals surface area (Å²) in [7, 11) is -25.7. The van der Waals surface area contributed by atoms with Crippen molar-refractivity contribution in [3.05, 3.63) is 231 Å². The average molecular weight is 1460 g/mol. The van der Waals surface area contributed by atoms with Crippen molar-refractivity contribution in [3.8, 4) is 50.6 Å². The van der Waals surface area contributed by atoms with E-state index in [-0.39, 0.29) is 18.6 Å². The minimum Gasteiger partial charge on any atom is -0.423 e. The highest BCUT2D eigenvalue weighted by Gasteiger charge is 2.51. The predicted octanol–water partition coefficient (Wildman–Crippen LogP) is 17.2. The predicted molar refractivity (Wildman–Crippen MR) is 351 cm³/mol. The van der Waals surface area contributed by atoms with Crippen LogP contribution < -0.4 is 18.0 Å². The third kappa shape index (κ3) is 15.6. The van der Waals surface area contributed by atoms with Crippen LogP contribution in [0.15, 0.2) is 231 Å². The second-order valence-electron chi connectivity index (χ2n) is 20.4. The van der Waals surface area contributed by atoms with E-state index in [1.807, 2.05) is 121 Å². The van der Waals surface area contributed by atoms with E-state index in [0.717, 1.165) is 88.6 Å². The maximum absolute atomic E-state index is 13.1. The molecule has 0 aliphatic carbocycles. The van der Waals surface area contributed by atoms with Crippen LogP contribution in [0, 0.1) is 0 Å². The van der Waals surface area contributed by atoms with Crippen LogP contribution in [0.4, 0.5) is 52.7 Å². The van der Waals surface area contributed by atoms with Crippen LogP contribution in [0.2, 0.25) is 0 Å². The average Bonchev–Trinajstić information content (AvgIpc) is 0.758. The van der Waals surface area contributed by atoms with E-state index in [0.29, 0.717) is 23.0 Å². The summed E-state index contributed by atoms with van der Waals surface area (Å²) >= 11 is 0. The third-order valence-corrected chi connectivity index (χ3v) is 19.7. The largest absolute Gasteiger partial charge is 0.534 e. The summed E-state index contributed by atoms with van der Waals surface area (Å²) in [6, 6.07) is 67.2. The highest BCUT2D eigenvalue weighted by Crippen LogP contribution is 2.47. The summed E-state index contributed by atoms with van der Waals surface area (Å²) in [6.07, 6.45) is 0. The number of alkyl halides is 12. The molecule has 0 heterocycles. The first kappa shape index (κ1) is 74.4. The SMILES string of the molecule is C.O=PCS(=O)(=O)C(F)(F)F.O=S(=O)(Oc1ccc(-c2c3ccccc3c(-c3ccccc3)c3ccccc23)c2ccccc12)C(F)(F)F.O=S(=O)(Oc1ccc(OS(=O)(=O)C(F)(F)F)c2ccccc12)C(F)(F)F.OB(O)c1c2ccccc2c(-c2ccccc2)c2ccccc12. The van der Waals surface area contributed by atoms with Crippen LogP contribution in [0.25, 0.3) is 98.0 Å². The van der Waals surface area contributed by atoms with Crippen molar-refractivity contribution < 1.29 is 114 Å². The van der Waals surface area contributed by atoms with E-state index in [4.69, 9.17) is 0 Å². The third-order valence-electron chi connectivity index (χ3n) is 14.3. The van der Waals surface area contributed by atoms with E-state index in [1.54, 1.807) is 30.3 Å². The second kappa shape index (κ2) is 29.0. The van der Waals surface area contributed by atoms with Gasteiger partial charge in [0.15, 0.2) is 25.7 Å². The standard InChI is InChI=1S/C31H19F3O3S.C20H15BO2.C12H6F6O6S2.C2H2F3O3PS.CH4/c32-31(33,34)38(35,36)37-28-19-18-27(21-12-4-5-13-22(21)28)30-25-16-8-6-14-23(25)29(20-10-2-1-3-11-20)24-15-7-9-17-26(24)30;22-21(23)20-17-12-6-4-10-15(17)19(14-8-2-1-3-9-14)16-11-5-7-13-18(16)20;13-11(14,15)25(19,20)23-9-5-6-10(8-4-2-1-3-7(8)9)24-26(21,22)12(16,17)18;3-2(4,5)10(7,8)1-9-6;/h1-19H;1-13,22-23H;1-6H;1H2;1H4. The molecule has 0 saturated carbocycles. The van der Waals surface area contributed by atoms with Crippen LogP contribution in [-0.2, 0) is 44.8 Å². The second-order valence-corrected chi connectivity index (χ2v) is 28.0. The van der Waals surface area contributed by atoms with Gasteiger partial charge in [0.2, 0.25) is 0 Å². The van der Waals surface area contributed by atoms with Gasteiger partial charge in [-0.2, -0.15) is 77.9 Å². The van der Waals surface area contributed by atoms with Crippen LogP contribution in [-0.4, -0.2) is 78.4 Å². The van der Waals surface area contributed by atoms with Gasteiger partial charge < -0.3 is 22.6 Å². The Balaban J connectivity index is 0.000000180. The van der Waals surface area contributed by atoms with E-state index in [2.05, 4.69) is 48.9 Å². The Hall–Kier alpha value is -9.36. The Labute approximate surface area is 552 Å². The molecule has 98 heavy (non-hydrogen) atoms. The van der Waals surface area contributed by atoms with Crippen molar-refractivity contribution in [2.75, 3.05) is 5.49 Å². The molecule has 2 N–H and O–H groups in total. The summed E-state index contributed by atoms with van der Waals surface area (Å²) in [5.74, 6) is -2.14. The van der Waals surface area contributed by atoms with Gasteiger partial charge in [-0.25, -0.2) is 8.42 Å². The van der Waals surface area contributed by atoms with Gasteiger partial charge in [-0.3, -0.25) is 4.57 Å². The molecule has 12 aromatic rings. The van der Waals surface area contributed by atoms with Crippen molar-refractivity contribution in [2.24, 2.45) is 0 Å². The molecule has 510 valence electrons. The summed E-state index contributed by atoms with van der Waals surface area (Å²) in [6.45, 7) is 0. The van der Waals surface area contributed by atoms with E-state index < -0.39 is 106 Å². The molecule has 0 aliphatic rings. The Morgan fingerprint density at radius 3 is 0.837 bits per heavy atom. The molecule has 14 nitrogen and oxygen atoms in total. The lowest BCUT2D eigenvalue weighted by Crippen LogP contribution is -2.31. The fourth-order valence-electron chi connectivity index (χ4n) is 10.3. The fraction of sp³-hybridized carbons (Fsp3) is 0.0909. The molecule has 0 saturated heterocycles. The van der Waals surface area contributed by atoms with Crippen molar-refractivity contribution in [2.45, 2.75) is 29.5 Å². The normalized spacial score (nSPS) is 12.4. The van der Waals surface area contributed by atoms with Gasteiger partial charge in [0.05, 0.1) is 0 Å². The summed E-state index contributed by atoms with van der Waals surface area (Å²) in [5, 5.41) is 27.7. The maximum atomic E-state index is 13.1. The van der Waals surface area contributed by atoms with E-state index in [1.165, 1.54) is 18.2 Å². The van der Waals surface area contributed by atoms with Crippen molar-refractivity contribution in [3.63, 3.8) is 0 Å². The Bertz CT molecular complexity index is 5240.